The molecule has 1 aliphatic rings. The number of nitrogens with one attached hydrogen (secondary N) is 1. The first-order chi connectivity index (χ1) is 14.6. The fourth-order valence-corrected chi connectivity index (χ4v) is 4.04. The Hall–Kier alpha value is -1.95. The summed E-state index contributed by atoms with van der Waals surface area (Å²) in [6.45, 7) is 4.16. The topological polar surface area (TPSA) is 50.8 Å². The molecule has 1 N–H and O–H groups in total. The van der Waals surface area contributed by atoms with Crippen LogP contribution in [-0.4, -0.2) is 50.7 Å². The molecule has 30 heavy (non-hydrogen) atoms. The van der Waals surface area contributed by atoms with E-state index in [-0.39, 0.29) is 5.91 Å². The van der Waals surface area contributed by atoms with Gasteiger partial charge in [0, 0.05) is 35.1 Å². The van der Waals surface area contributed by atoms with Crippen LogP contribution in [0.2, 0.25) is 10.0 Å². The summed E-state index contributed by atoms with van der Waals surface area (Å²) < 4.78 is 11.3. The first kappa shape index (κ1) is 22.7. The molecule has 1 heterocycles. The van der Waals surface area contributed by atoms with Crippen LogP contribution in [-0.2, 0) is 6.42 Å². The highest BCUT2D eigenvalue weighted by atomic mass is 35.5. The molecule has 0 atom stereocenters. The van der Waals surface area contributed by atoms with E-state index in [1.165, 1.54) is 19.3 Å². The minimum Gasteiger partial charge on any atom is -0.493 e. The Morgan fingerprint density at radius 3 is 2.60 bits per heavy atom. The van der Waals surface area contributed by atoms with Crippen molar-refractivity contribution in [3.05, 3.63) is 57.6 Å². The minimum atomic E-state index is -0.111. The maximum atomic E-state index is 12.6. The Kier molecular flexibility index (Phi) is 8.67. The molecule has 1 aliphatic heterocycles. The van der Waals surface area contributed by atoms with E-state index in [1.54, 1.807) is 37.4 Å². The number of nitrogens with zero attached hydrogens (tertiary/aromatic N) is 1. The summed E-state index contributed by atoms with van der Waals surface area (Å²) in [5.41, 5.74) is 1.50. The smallest absolute Gasteiger partial charge is 0.251 e. The molecule has 5 nitrogen and oxygen atoms in total. The molecule has 0 aromatic heterocycles. The van der Waals surface area contributed by atoms with Crippen molar-refractivity contribution in [3.63, 3.8) is 0 Å². The molecule has 1 amide bonds. The fourth-order valence-electron chi connectivity index (χ4n) is 3.54. The van der Waals surface area contributed by atoms with E-state index in [4.69, 9.17) is 32.7 Å². The van der Waals surface area contributed by atoms with Gasteiger partial charge in [-0.05, 0) is 61.8 Å². The van der Waals surface area contributed by atoms with Crippen molar-refractivity contribution in [1.29, 1.82) is 0 Å². The molecule has 0 unspecified atom stereocenters. The second-order valence-corrected chi connectivity index (χ2v) is 8.20. The van der Waals surface area contributed by atoms with E-state index in [9.17, 15) is 4.79 Å². The average molecular weight is 451 g/mol. The number of carbonyl (C=O) groups excluding carboxylic acids is 1. The second kappa shape index (κ2) is 11.4. The predicted octanol–water partition coefficient (Wildman–Crippen LogP) is 4.84. The van der Waals surface area contributed by atoms with E-state index in [1.807, 2.05) is 6.07 Å². The Morgan fingerprint density at radius 1 is 1.07 bits per heavy atom. The van der Waals surface area contributed by atoms with Crippen LogP contribution in [0.4, 0.5) is 0 Å². The van der Waals surface area contributed by atoms with Crippen molar-refractivity contribution in [2.75, 3.05) is 39.9 Å². The third kappa shape index (κ3) is 6.53. The summed E-state index contributed by atoms with van der Waals surface area (Å²) in [6.07, 6.45) is 4.41. The molecule has 162 valence electrons. The molecule has 0 spiro atoms. The lowest BCUT2D eigenvalue weighted by atomic mass is 10.1. The van der Waals surface area contributed by atoms with Crippen LogP contribution in [0.5, 0.6) is 11.5 Å². The van der Waals surface area contributed by atoms with Crippen LogP contribution >= 0.6 is 23.2 Å². The molecule has 0 aliphatic carbocycles. The van der Waals surface area contributed by atoms with Gasteiger partial charge in [-0.2, -0.15) is 0 Å². The van der Waals surface area contributed by atoms with Gasteiger partial charge in [-0.1, -0.05) is 35.7 Å². The predicted molar refractivity (Wildman–Crippen MR) is 121 cm³/mol. The molecule has 2 aromatic carbocycles. The highest BCUT2D eigenvalue weighted by Gasteiger charge is 2.13. The maximum Gasteiger partial charge on any atom is 0.251 e. The van der Waals surface area contributed by atoms with Gasteiger partial charge in [0.2, 0.25) is 0 Å². The molecule has 7 heteroatoms. The van der Waals surface area contributed by atoms with E-state index >= 15 is 0 Å². The standard InChI is InChI=1S/C23H28Cl2N2O3/c1-29-21-8-6-18(23(28)26-10-13-27-11-3-2-4-12-27)15-22(21)30-14-9-17-5-7-19(24)16-20(17)25/h5-8,15-16H,2-4,9-14H2,1H3,(H,26,28). The van der Waals surface area contributed by atoms with Crippen LogP contribution in [0.25, 0.3) is 0 Å². The van der Waals surface area contributed by atoms with Gasteiger partial charge in [-0.3, -0.25) is 4.79 Å². The summed E-state index contributed by atoms with van der Waals surface area (Å²) in [6, 6.07) is 10.6. The van der Waals surface area contributed by atoms with Crippen LogP contribution in [0.1, 0.15) is 35.2 Å². The van der Waals surface area contributed by atoms with Crippen LogP contribution in [0.3, 0.4) is 0 Å². The van der Waals surface area contributed by atoms with Crippen molar-refractivity contribution >= 4 is 29.1 Å². The first-order valence-corrected chi connectivity index (χ1v) is 11.1. The van der Waals surface area contributed by atoms with Gasteiger partial charge in [-0.15, -0.1) is 0 Å². The molecular weight excluding hydrogens is 423 g/mol. The monoisotopic (exact) mass is 450 g/mol. The van der Waals surface area contributed by atoms with Gasteiger partial charge in [0.15, 0.2) is 11.5 Å². The third-order valence-corrected chi connectivity index (χ3v) is 5.82. The van der Waals surface area contributed by atoms with Gasteiger partial charge in [0.1, 0.15) is 0 Å². The molecule has 1 fully saturated rings. The van der Waals surface area contributed by atoms with E-state index < -0.39 is 0 Å². The zero-order chi connectivity index (χ0) is 21.3. The summed E-state index contributed by atoms with van der Waals surface area (Å²) in [4.78, 5) is 15.0. The Bertz CT molecular complexity index is 854. The summed E-state index contributed by atoms with van der Waals surface area (Å²) >= 11 is 12.2. The van der Waals surface area contributed by atoms with E-state index in [2.05, 4.69) is 10.2 Å². The second-order valence-electron chi connectivity index (χ2n) is 7.36. The summed E-state index contributed by atoms with van der Waals surface area (Å²) in [5, 5.41) is 4.21. The third-order valence-electron chi connectivity index (χ3n) is 5.23. The van der Waals surface area contributed by atoms with Crippen LogP contribution < -0.4 is 14.8 Å². The van der Waals surface area contributed by atoms with Crippen molar-refractivity contribution < 1.29 is 14.3 Å². The summed E-state index contributed by atoms with van der Waals surface area (Å²) in [7, 11) is 1.58. The Balaban J connectivity index is 1.55. The van der Waals surface area contributed by atoms with Crippen LogP contribution in [0.15, 0.2) is 36.4 Å². The largest absolute Gasteiger partial charge is 0.493 e. The zero-order valence-electron chi connectivity index (χ0n) is 17.3. The lowest BCUT2D eigenvalue weighted by Gasteiger charge is -2.26. The molecular formula is C23H28Cl2N2O3. The number of hydrogen-bond acceptors (Lipinski definition) is 4. The van der Waals surface area contributed by atoms with Gasteiger partial charge >= 0.3 is 0 Å². The van der Waals surface area contributed by atoms with Gasteiger partial charge in [0.05, 0.1) is 13.7 Å². The van der Waals surface area contributed by atoms with Gasteiger partial charge in [-0.25, -0.2) is 0 Å². The van der Waals surface area contributed by atoms with E-state index in [0.717, 1.165) is 25.2 Å². The molecule has 0 radical (unpaired) electrons. The van der Waals surface area contributed by atoms with Crippen molar-refractivity contribution in [2.45, 2.75) is 25.7 Å². The Morgan fingerprint density at radius 2 is 1.87 bits per heavy atom. The molecule has 2 aromatic rings. The number of likely N-dealkylation sites (tertiary alicyclic amines) is 1. The molecule has 3 rings (SSSR count). The number of hydrogen-bond donors (Lipinski definition) is 1. The zero-order valence-corrected chi connectivity index (χ0v) is 18.8. The number of carbonyl (C=O) groups is 1. The normalized spacial score (nSPS) is 14.4. The van der Waals surface area contributed by atoms with Gasteiger partial charge < -0.3 is 19.7 Å². The summed E-state index contributed by atoms with van der Waals surface area (Å²) in [5.74, 6) is 1.01. The number of piperidine rings is 1. The highest BCUT2D eigenvalue weighted by molar-refractivity contribution is 6.35. The quantitative estimate of drug-likeness (QED) is 0.593. The van der Waals surface area contributed by atoms with Crippen molar-refractivity contribution in [3.8, 4) is 11.5 Å². The molecule has 0 saturated carbocycles. The lowest BCUT2D eigenvalue weighted by Crippen LogP contribution is -2.37. The number of amides is 1. The Labute approximate surface area is 188 Å². The average Bonchev–Trinajstić information content (AvgIpc) is 2.76. The van der Waals surface area contributed by atoms with Gasteiger partial charge in [0.25, 0.3) is 5.91 Å². The SMILES string of the molecule is COc1ccc(C(=O)NCCN2CCCCC2)cc1OCCc1ccc(Cl)cc1Cl. The number of rotatable bonds is 9. The minimum absolute atomic E-state index is 0.111. The fraction of sp³-hybridized carbons (Fsp3) is 0.435. The number of benzene rings is 2. The first-order valence-electron chi connectivity index (χ1n) is 10.3. The van der Waals surface area contributed by atoms with Crippen molar-refractivity contribution in [2.24, 2.45) is 0 Å². The number of halogens is 2. The van der Waals surface area contributed by atoms with Crippen molar-refractivity contribution in [1.82, 2.24) is 10.2 Å². The highest BCUT2D eigenvalue weighted by Crippen LogP contribution is 2.29. The number of methoxy groups -OCH3 is 1. The van der Waals surface area contributed by atoms with Crippen LogP contribution in [0, 0.1) is 0 Å². The van der Waals surface area contributed by atoms with E-state index in [0.29, 0.717) is 46.7 Å². The lowest BCUT2D eigenvalue weighted by molar-refractivity contribution is 0.0946. The number of ether oxygens (including phenoxy) is 2. The molecule has 0 bridgehead atoms. The molecule has 1 saturated heterocycles. The maximum absolute atomic E-state index is 12.6.